The Labute approximate surface area is 110 Å². The molecule has 2 aromatic carbocycles. The van der Waals surface area contributed by atoms with Crippen molar-refractivity contribution in [3.8, 4) is 23.3 Å². The maximum absolute atomic E-state index is 13.3. The first-order valence-electron chi connectivity index (χ1n) is 5.82. The van der Waals surface area contributed by atoms with Gasteiger partial charge in [0.05, 0.1) is 18.2 Å². The van der Waals surface area contributed by atoms with Crippen molar-refractivity contribution in [2.75, 3.05) is 6.61 Å². The second kappa shape index (κ2) is 5.87. The fourth-order valence-electron chi connectivity index (χ4n) is 1.62. The lowest BCUT2D eigenvalue weighted by Gasteiger charge is -2.08. The Hall–Kier alpha value is -2.54. The fourth-order valence-corrected chi connectivity index (χ4v) is 1.62. The van der Waals surface area contributed by atoms with Gasteiger partial charge >= 0.3 is 0 Å². The first kappa shape index (κ1) is 12.9. The second-order valence-electron chi connectivity index (χ2n) is 3.80. The van der Waals surface area contributed by atoms with Gasteiger partial charge in [-0.05, 0) is 31.2 Å². The van der Waals surface area contributed by atoms with Crippen LogP contribution in [-0.2, 0) is 0 Å². The van der Waals surface area contributed by atoms with Crippen molar-refractivity contribution < 1.29 is 13.9 Å². The molecule has 2 rings (SSSR count). The van der Waals surface area contributed by atoms with E-state index in [1.165, 1.54) is 12.1 Å². The summed E-state index contributed by atoms with van der Waals surface area (Å²) in [5, 5.41) is 8.77. The first-order valence-corrected chi connectivity index (χ1v) is 5.82. The van der Waals surface area contributed by atoms with Gasteiger partial charge in [0.2, 0.25) is 0 Å². The van der Waals surface area contributed by atoms with E-state index in [0.717, 1.165) is 6.07 Å². The van der Waals surface area contributed by atoms with E-state index in [9.17, 15) is 4.39 Å². The summed E-state index contributed by atoms with van der Waals surface area (Å²) in [5.74, 6) is 0.984. The molecule has 0 aromatic heterocycles. The van der Waals surface area contributed by atoms with Crippen molar-refractivity contribution in [1.29, 1.82) is 5.26 Å². The number of nitrogens with zero attached hydrogens (tertiary/aromatic N) is 1. The molecule has 0 saturated heterocycles. The zero-order valence-corrected chi connectivity index (χ0v) is 10.4. The largest absolute Gasteiger partial charge is 0.494 e. The van der Waals surface area contributed by atoms with E-state index in [-0.39, 0.29) is 11.3 Å². The monoisotopic (exact) mass is 257 g/mol. The molecule has 0 spiro atoms. The number of hydrogen-bond donors (Lipinski definition) is 0. The topological polar surface area (TPSA) is 42.2 Å². The third-order valence-electron chi connectivity index (χ3n) is 2.35. The molecule has 0 saturated carbocycles. The third-order valence-corrected chi connectivity index (χ3v) is 2.35. The highest BCUT2D eigenvalue weighted by Gasteiger charge is 2.04. The molecule has 96 valence electrons. The average molecular weight is 257 g/mol. The highest BCUT2D eigenvalue weighted by atomic mass is 19.1. The maximum Gasteiger partial charge on any atom is 0.131 e. The summed E-state index contributed by atoms with van der Waals surface area (Å²) in [7, 11) is 0. The van der Waals surface area contributed by atoms with Gasteiger partial charge in [-0.1, -0.05) is 6.07 Å². The number of benzene rings is 2. The minimum atomic E-state index is -0.505. The summed E-state index contributed by atoms with van der Waals surface area (Å²) in [4.78, 5) is 0. The van der Waals surface area contributed by atoms with Gasteiger partial charge in [0.1, 0.15) is 23.1 Å². The molecule has 0 unspecified atom stereocenters. The van der Waals surface area contributed by atoms with Crippen LogP contribution in [0, 0.1) is 17.1 Å². The molecule has 0 bridgehead atoms. The van der Waals surface area contributed by atoms with Crippen LogP contribution in [0.4, 0.5) is 4.39 Å². The molecular formula is C15H12FNO2. The summed E-state index contributed by atoms with van der Waals surface area (Å²) in [6, 6.07) is 12.8. The van der Waals surface area contributed by atoms with Crippen LogP contribution >= 0.6 is 0 Å². The van der Waals surface area contributed by atoms with Gasteiger partial charge in [-0.25, -0.2) is 4.39 Å². The van der Waals surface area contributed by atoms with Crippen LogP contribution in [0.5, 0.6) is 17.2 Å². The number of nitriles is 1. The van der Waals surface area contributed by atoms with Gasteiger partial charge in [0, 0.05) is 12.1 Å². The van der Waals surface area contributed by atoms with Gasteiger partial charge in [-0.2, -0.15) is 5.26 Å². The predicted molar refractivity (Wildman–Crippen MR) is 68.8 cm³/mol. The number of ether oxygens (including phenoxy) is 2. The Morgan fingerprint density at radius 2 is 1.89 bits per heavy atom. The first-order chi connectivity index (χ1) is 9.21. The Morgan fingerprint density at radius 3 is 2.63 bits per heavy atom. The fraction of sp³-hybridized carbons (Fsp3) is 0.133. The van der Waals surface area contributed by atoms with Crippen molar-refractivity contribution >= 4 is 0 Å². The minimum Gasteiger partial charge on any atom is -0.494 e. The molecular weight excluding hydrogens is 245 g/mol. The second-order valence-corrected chi connectivity index (χ2v) is 3.80. The van der Waals surface area contributed by atoms with E-state index in [4.69, 9.17) is 14.7 Å². The van der Waals surface area contributed by atoms with Gasteiger partial charge in [0.15, 0.2) is 0 Å². The number of hydrogen-bond acceptors (Lipinski definition) is 3. The van der Waals surface area contributed by atoms with Crippen molar-refractivity contribution in [2.24, 2.45) is 0 Å². The van der Waals surface area contributed by atoms with Crippen molar-refractivity contribution in [2.45, 2.75) is 6.92 Å². The van der Waals surface area contributed by atoms with Crippen molar-refractivity contribution in [3.05, 3.63) is 53.8 Å². The molecule has 0 aliphatic rings. The molecule has 2 aromatic rings. The van der Waals surface area contributed by atoms with Crippen LogP contribution in [0.3, 0.4) is 0 Å². The number of halogens is 1. The zero-order chi connectivity index (χ0) is 13.7. The van der Waals surface area contributed by atoms with Crippen LogP contribution in [0.15, 0.2) is 42.5 Å². The van der Waals surface area contributed by atoms with Crippen molar-refractivity contribution in [1.82, 2.24) is 0 Å². The van der Waals surface area contributed by atoms with Gasteiger partial charge in [0.25, 0.3) is 0 Å². The van der Waals surface area contributed by atoms with Crippen LogP contribution < -0.4 is 9.47 Å². The molecule has 0 fully saturated rings. The summed E-state index contributed by atoms with van der Waals surface area (Å²) < 4.78 is 24.1. The Balaban J connectivity index is 2.23. The molecule has 0 atom stereocenters. The van der Waals surface area contributed by atoms with Crippen LogP contribution in [0.2, 0.25) is 0 Å². The molecule has 3 nitrogen and oxygen atoms in total. The molecule has 19 heavy (non-hydrogen) atoms. The summed E-state index contributed by atoms with van der Waals surface area (Å²) in [6.07, 6.45) is 0. The normalized spacial score (nSPS) is 9.74. The number of rotatable bonds is 4. The molecule has 0 heterocycles. The van der Waals surface area contributed by atoms with E-state index >= 15 is 0 Å². The maximum atomic E-state index is 13.3. The molecule has 0 N–H and O–H groups in total. The summed E-state index contributed by atoms with van der Waals surface area (Å²) in [6.45, 7) is 2.45. The van der Waals surface area contributed by atoms with Crippen LogP contribution in [0.25, 0.3) is 0 Å². The van der Waals surface area contributed by atoms with Gasteiger partial charge in [-0.15, -0.1) is 0 Å². The average Bonchev–Trinajstić information content (AvgIpc) is 2.39. The van der Waals surface area contributed by atoms with Gasteiger partial charge in [-0.3, -0.25) is 0 Å². The Morgan fingerprint density at radius 1 is 1.11 bits per heavy atom. The van der Waals surface area contributed by atoms with E-state index in [2.05, 4.69) is 0 Å². The van der Waals surface area contributed by atoms with E-state index in [1.807, 2.05) is 19.1 Å². The summed E-state index contributed by atoms with van der Waals surface area (Å²) >= 11 is 0. The zero-order valence-electron chi connectivity index (χ0n) is 10.4. The standard InChI is InChI=1S/C15H12FNO2/c1-2-18-13-4-3-5-14(9-13)19-15-7-11(10-17)6-12(16)8-15/h3-9H,2H2,1H3. The lowest BCUT2D eigenvalue weighted by molar-refractivity contribution is 0.338. The SMILES string of the molecule is CCOc1cccc(Oc2cc(F)cc(C#N)c2)c1. The lowest BCUT2D eigenvalue weighted by atomic mass is 10.2. The smallest absolute Gasteiger partial charge is 0.131 e. The van der Waals surface area contributed by atoms with Gasteiger partial charge < -0.3 is 9.47 Å². The third kappa shape index (κ3) is 3.46. The molecule has 0 amide bonds. The summed E-state index contributed by atoms with van der Waals surface area (Å²) in [5.41, 5.74) is 0.218. The highest BCUT2D eigenvalue weighted by molar-refractivity contribution is 5.41. The molecule has 4 heteroatoms. The van der Waals surface area contributed by atoms with Crippen molar-refractivity contribution in [3.63, 3.8) is 0 Å². The molecule has 0 aliphatic heterocycles. The highest BCUT2D eigenvalue weighted by Crippen LogP contribution is 2.26. The minimum absolute atomic E-state index is 0.218. The quantitative estimate of drug-likeness (QED) is 0.834. The lowest BCUT2D eigenvalue weighted by Crippen LogP contribution is -1.92. The van der Waals surface area contributed by atoms with E-state index < -0.39 is 5.82 Å². The Bertz CT molecular complexity index is 620. The van der Waals surface area contributed by atoms with Crippen LogP contribution in [0.1, 0.15) is 12.5 Å². The predicted octanol–water partition coefficient (Wildman–Crippen LogP) is 3.89. The molecule has 0 radical (unpaired) electrons. The van der Waals surface area contributed by atoms with E-state index in [0.29, 0.717) is 18.1 Å². The van der Waals surface area contributed by atoms with E-state index in [1.54, 1.807) is 18.2 Å². The molecule has 0 aliphatic carbocycles. The van der Waals surface area contributed by atoms with Crippen LogP contribution in [-0.4, -0.2) is 6.61 Å². The Kier molecular flexibility index (Phi) is 3.99.